The summed E-state index contributed by atoms with van der Waals surface area (Å²) in [4.78, 5) is 12.0. The Kier molecular flexibility index (Phi) is 6.37. The smallest absolute Gasteiger partial charge is 0.230 e. The Morgan fingerprint density at radius 2 is 2.00 bits per heavy atom. The minimum absolute atomic E-state index is 0.136. The predicted octanol–water partition coefficient (Wildman–Crippen LogP) is 2.28. The Hall–Kier alpha value is -2.94. The van der Waals surface area contributed by atoms with Gasteiger partial charge in [0.15, 0.2) is 0 Å². The molecule has 0 radical (unpaired) electrons. The molecule has 0 aliphatic rings. The number of carbonyl (C=O) groups excluding carboxylic acids is 1. The van der Waals surface area contributed by atoms with E-state index in [9.17, 15) is 9.18 Å². The maximum absolute atomic E-state index is 13.6. The van der Waals surface area contributed by atoms with Crippen molar-refractivity contribution in [1.82, 2.24) is 25.5 Å². The van der Waals surface area contributed by atoms with Crippen molar-refractivity contribution in [1.29, 1.82) is 0 Å². The zero-order valence-electron chi connectivity index (χ0n) is 14.6. The van der Waals surface area contributed by atoms with E-state index in [1.54, 1.807) is 30.0 Å². The first kappa shape index (κ1) is 18.8. The van der Waals surface area contributed by atoms with Crippen LogP contribution < -0.4 is 10.1 Å². The number of rotatable bonds is 8. The molecular weight excluding hydrogens is 369 g/mol. The second-order valence-electron chi connectivity index (χ2n) is 5.62. The average Bonchev–Trinajstić information content (AvgIpc) is 3.13. The van der Waals surface area contributed by atoms with Crippen LogP contribution in [0, 0.1) is 5.82 Å². The summed E-state index contributed by atoms with van der Waals surface area (Å²) in [5, 5.41) is 14.8. The molecule has 0 saturated heterocycles. The zero-order chi connectivity index (χ0) is 19.1. The van der Waals surface area contributed by atoms with Gasteiger partial charge in [0.25, 0.3) is 0 Å². The predicted molar refractivity (Wildman–Crippen MR) is 98.9 cm³/mol. The fraction of sp³-hybridized carbons (Fsp3) is 0.222. The van der Waals surface area contributed by atoms with Gasteiger partial charge >= 0.3 is 0 Å². The molecule has 0 aliphatic carbocycles. The van der Waals surface area contributed by atoms with Crippen molar-refractivity contribution in [3.05, 3.63) is 65.5 Å². The van der Waals surface area contributed by atoms with Crippen LogP contribution in [0.1, 0.15) is 11.1 Å². The number of nitrogens with one attached hydrogen (secondary N) is 1. The molecule has 2 aromatic carbocycles. The van der Waals surface area contributed by atoms with Crippen molar-refractivity contribution < 1.29 is 13.9 Å². The van der Waals surface area contributed by atoms with E-state index in [1.165, 1.54) is 17.8 Å². The van der Waals surface area contributed by atoms with Crippen LogP contribution in [-0.2, 0) is 17.9 Å². The summed E-state index contributed by atoms with van der Waals surface area (Å²) in [5.41, 5.74) is 1.45. The van der Waals surface area contributed by atoms with E-state index in [4.69, 9.17) is 4.74 Å². The lowest BCUT2D eigenvalue weighted by Gasteiger charge is -2.07. The number of tetrazole rings is 1. The number of amides is 1. The minimum atomic E-state index is -0.339. The van der Waals surface area contributed by atoms with Crippen LogP contribution in [0.15, 0.2) is 53.7 Å². The summed E-state index contributed by atoms with van der Waals surface area (Å²) < 4.78 is 20.3. The summed E-state index contributed by atoms with van der Waals surface area (Å²) in [6.45, 7) is 0.624. The molecule has 0 unspecified atom stereocenters. The molecule has 0 atom stereocenters. The Balaban J connectivity index is 1.52. The monoisotopic (exact) mass is 387 g/mol. The first-order valence-electron chi connectivity index (χ1n) is 8.17. The topological polar surface area (TPSA) is 81.9 Å². The molecule has 1 N–H and O–H groups in total. The maximum atomic E-state index is 13.6. The quantitative estimate of drug-likeness (QED) is 0.597. The molecule has 0 spiro atoms. The van der Waals surface area contributed by atoms with Crippen LogP contribution in [0.5, 0.6) is 5.75 Å². The van der Waals surface area contributed by atoms with Crippen molar-refractivity contribution in [3.8, 4) is 5.75 Å². The summed E-state index contributed by atoms with van der Waals surface area (Å²) in [6.07, 6.45) is 0. The highest BCUT2D eigenvalue weighted by Gasteiger charge is 2.11. The van der Waals surface area contributed by atoms with Crippen LogP contribution in [-0.4, -0.2) is 39.0 Å². The Morgan fingerprint density at radius 3 is 2.74 bits per heavy atom. The number of nitrogens with zero attached hydrogens (tertiary/aromatic N) is 4. The first-order valence-corrected chi connectivity index (χ1v) is 9.16. The van der Waals surface area contributed by atoms with Crippen molar-refractivity contribution in [3.63, 3.8) is 0 Å². The molecule has 0 bridgehead atoms. The van der Waals surface area contributed by atoms with Crippen LogP contribution in [0.4, 0.5) is 4.39 Å². The largest absolute Gasteiger partial charge is 0.497 e. The molecule has 1 heterocycles. The Morgan fingerprint density at radius 1 is 1.22 bits per heavy atom. The number of carbonyl (C=O) groups is 1. The summed E-state index contributed by atoms with van der Waals surface area (Å²) in [7, 11) is 1.61. The molecule has 3 aromatic rings. The molecular formula is C18H18FN5O2S. The molecule has 9 heteroatoms. The third-order valence-corrected chi connectivity index (χ3v) is 4.71. The van der Waals surface area contributed by atoms with E-state index >= 15 is 0 Å². The Bertz CT molecular complexity index is 901. The van der Waals surface area contributed by atoms with Gasteiger partial charge < -0.3 is 10.1 Å². The van der Waals surface area contributed by atoms with Gasteiger partial charge in [-0.2, -0.15) is 0 Å². The van der Waals surface area contributed by atoms with E-state index < -0.39 is 0 Å². The fourth-order valence-corrected chi connectivity index (χ4v) is 3.03. The lowest BCUT2D eigenvalue weighted by atomic mass is 10.2. The van der Waals surface area contributed by atoms with Gasteiger partial charge in [0, 0.05) is 12.1 Å². The lowest BCUT2D eigenvalue weighted by Crippen LogP contribution is -2.25. The molecule has 140 valence electrons. The molecule has 1 amide bonds. The summed E-state index contributed by atoms with van der Waals surface area (Å²) in [6, 6.07) is 13.9. The van der Waals surface area contributed by atoms with Crippen LogP contribution in [0.25, 0.3) is 0 Å². The van der Waals surface area contributed by atoms with Gasteiger partial charge in [-0.3, -0.25) is 4.79 Å². The average molecular weight is 387 g/mol. The number of ether oxygens (including phenoxy) is 1. The molecule has 0 saturated carbocycles. The fourth-order valence-electron chi connectivity index (χ4n) is 2.32. The number of hydrogen-bond donors (Lipinski definition) is 1. The molecule has 1 aromatic heterocycles. The molecule has 0 fully saturated rings. The summed E-state index contributed by atoms with van der Waals surface area (Å²) in [5.74, 6) is 0.352. The van der Waals surface area contributed by atoms with Gasteiger partial charge in [-0.25, -0.2) is 9.07 Å². The van der Waals surface area contributed by atoms with E-state index in [2.05, 4.69) is 20.8 Å². The second kappa shape index (κ2) is 9.13. The lowest BCUT2D eigenvalue weighted by molar-refractivity contribution is -0.118. The van der Waals surface area contributed by atoms with Gasteiger partial charge in [-0.05, 0) is 34.2 Å². The molecule has 3 rings (SSSR count). The summed E-state index contributed by atoms with van der Waals surface area (Å²) >= 11 is 1.22. The van der Waals surface area contributed by atoms with E-state index in [1.807, 2.05) is 24.3 Å². The number of methoxy groups -OCH3 is 1. The van der Waals surface area contributed by atoms with Crippen LogP contribution in [0.2, 0.25) is 0 Å². The van der Waals surface area contributed by atoms with Crippen molar-refractivity contribution in [2.75, 3.05) is 12.9 Å². The van der Waals surface area contributed by atoms with Gasteiger partial charge in [0.05, 0.1) is 19.4 Å². The molecule has 27 heavy (non-hydrogen) atoms. The van der Waals surface area contributed by atoms with Crippen molar-refractivity contribution in [2.45, 2.75) is 18.2 Å². The number of aromatic nitrogens is 4. The number of thioether (sulfide) groups is 1. The highest BCUT2D eigenvalue weighted by molar-refractivity contribution is 7.99. The van der Waals surface area contributed by atoms with Crippen molar-refractivity contribution in [2.24, 2.45) is 0 Å². The first-order chi connectivity index (χ1) is 13.2. The Labute approximate surface area is 159 Å². The number of hydrogen-bond acceptors (Lipinski definition) is 6. The third-order valence-electron chi connectivity index (χ3n) is 3.76. The second-order valence-corrected chi connectivity index (χ2v) is 6.57. The highest BCUT2D eigenvalue weighted by Crippen LogP contribution is 2.17. The van der Waals surface area contributed by atoms with Gasteiger partial charge in [0.1, 0.15) is 11.6 Å². The van der Waals surface area contributed by atoms with E-state index in [-0.39, 0.29) is 24.0 Å². The van der Waals surface area contributed by atoms with Crippen LogP contribution in [0.3, 0.4) is 0 Å². The van der Waals surface area contributed by atoms with E-state index in [0.717, 1.165) is 11.3 Å². The standard InChI is InChI=1S/C18H18FN5O2S/c1-26-15-8-6-13(7-9-15)11-24-18(21-22-23-24)27-12-17(25)20-10-14-4-2-3-5-16(14)19/h2-9H,10-12H2,1H3,(H,20,25). The van der Waals surface area contributed by atoms with Crippen LogP contribution >= 0.6 is 11.8 Å². The number of halogens is 1. The van der Waals surface area contributed by atoms with Gasteiger partial charge in [-0.15, -0.1) is 5.10 Å². The van der Waals surface area contributed by atoms with Gasteiger partial charge in [0.2, 0.25) is 11.1 Å². The molecule has 7 nitrogen and oxygen atoms in total. The highest BCUT2D eigenvalue weighted by atomic mass is 32.2. The van der Waals surface area contributed by atoms with Gasteiger partial charge in [-0.1, -0.05) is 42.1 Å². The molecule has 0 aliphatic heterocycles. The zero-order valence-corrected chi connectivity index (χ0v) is 15.4. The van der Waals surface area contributed by atoms with Crippen molar-refractivity contribution >= 4 is 17.7 Å². The normalized spacial score (nSPS) is 10.6. The number of benzene rings is 2. The maximum Gasteiger partial charge on any atom is 0.230 e. The SMILES string of the molecule is COc1ccc(Cn2nnnc2SCC(=O)NCc2ccccc2F)cc1. The third kappa shape index (κ3) is 5.27. The minimum Gasteiger partial charge on any atom is -0.497 e. The van der Waals surface area contributed by atoms with E-state index in [0.29, 0.717) is 17.3 Å².